The van der Waals surface area contributed by atoms with Crippen LogP contribution in [0, 0.1) is 12.7 Å². The maximum absolute atomic E-state index is 13.7. The Bertz CT molecular complexity index is 574. The van der Waals surface area contributed by atoms with E-state index in [9.17, 15) is 12.8 Å². The molecule has 7 heteroatoms. The number of nitrogens with two attached hydrogens (primary N) is 1. The van der Waals surface area contributed by atoms with Crippen molar-refractivity contribution in [3.05, 3.63) is 29.1 Å². The highest BCUT2D eigenvalue weighted by molar-refractivity contribution is 7.89. The molecule has 1 aromatic carbocycles. The Hall–Kier alpha value is -1.02. The van der Waals surface area contributed by atoms with Gasteiger partial charge in [-0.1, -0.05) is 0 Å². The van der Waals surface area contributed by atoms with Crippen LogP contribution >= 0.6 is 0 Å². The molecular weight excluding hydrogens is 293 g/mol. The molecule has 0 aliphatic heterocycles. The molecule has 120 valence electrons. The standard InChI is InChI=1S/C14H24FN3O2S/c1-11-13(15)8-12(10-16)9-14(11)21(19,20)17-6-4-5-7-18(2)3/h8-9,17H,4-7,10,16H2,1-3H3. The van der Waals surface area contributed by atoms with E-state index in [1.165, 1.54) is 19.1 Å². The van der Waals surface area contributed by atoms with Crippen molar-refractivity contribution >= 4 is 10.0 Å². The zero-order valence-electron chi connectivity index (χ0n) is 12.8. The molecule has 0 saturated heterocycles. The van der Waals surface area contributed by atoms with Gasteiger partial charge in [0.2, 0.25) is 10.0 Å². The lowest BCUT2D eigenvalue weighted by Crippen LogP contribution is -2.26. The summed E-state index contributed by atoms with van der Waals surface area (Å²) >= 11 is 0. The lowest BCUT2D eigenvalue weighted by Gasteiger charge is -2.12. The first-order valence-corrected chi connectivity index (χ1v) is 8.39. The number of hydrogen-bond donors (Lipinski definition) is 2. The predicted octanol–water partition coefficient (Wildman–Crippen LogP) is 1.21. The van der Waals surface area contributed by atoms with E-state index in [0.29, 0.717) is 12.1 Å². The molecule has 0 unspecified atom stereocenters. The fourth-order valence-corrected chi connectivity index (χ4v) is 3.32. The number of benzene rings is 1. The maximum atomic E-state index is 13.7. The Morgan fingerprint density at radius 2 is 1.95 bits per heavy atom. The molecule has 0 heterocycles. The van der Waals surface area contributed by atoms with Crippen LogP contribution in [-0.2, 0) is 16.6 Å². The van der Waals surface area contributed by atoms with Crippen molar-refractivity contribution in [1.82, 2.24) is 9.62 Å². The summed E-state index contributed by atoms with van der Waals surface area (Å²) in [5.74, 6) is -0.550. The van der Waals surface area contributed by atoms with Crippen molar-refractivity contribution in [1.29, 1.82) is 0 Å². The average molecular weight is 317 g/mol. The van der Waals surface area contributed by atoms with Crippen LogP contribution in [0.1, 0.15) is 24.0 Å². The van der Waals surface area contributed by atoms with Crippen molar-refractivity contribution in [2.24, 2.45) is 5.73 Å². The molecule has 0 aliphatic carbocycles. The van der Waals surface area contributed by atoms with Crippen LogP contribution in [0.5, 0.6) is 0 Å². The molecule has 0 saturated carbocycles. The molecule has 0 spiro atoms. The second kappa shape index (κ2) is 7.84. The minimum absolute atomic E-state index is 0.0319. The molecule has 1 aromatic rings. The number of hydrogen-bond acceptors (Lipinski definition) is 4. The van der Waals surface area contributed by atoms with E-state index in [4.69, 9.17) is 5.73 Å². The fourth-order valence-electron chi connectivity index (χ4n) is 1.94. The number of nitrogens with one attached hydrogen (secondary N) is 1. The minimum Gasteiger partial charge on any atom is -0.326 e. The van der Waals surface area contributed by atoms with Crippen LogP contribution in [-0.4, -0.2) is 40.5 Å². The van der Waals surface area contributed by atoms with Crippen molar-refractivity contribution in [3.63, 3.8) is 0 Å². The summed E-state index contributed by atoms with van der Waals surface area (Å²) in [5.41, 5.74) is 6.04. The molecule has 5 nitrogen and oxygen atoms in total. The van der Waals surface area contributed by atoms with E-state index < -0.39 is 15.8 Å². The topological polar surface area (TPSA) is 75.4 Å². The Morgan fingerprint density at radius 3 is 2.52 bits per heavy atom. The third kappa shape index (κ3) is 5.35. The van der Waals surface area contributed by atoms with Gasteiger partial charge in [-0.2, -0.15) is 0 Å². The molecule has 0 fully saturated rings. The van der Waals surface area contributed by atoms with E-state index in [1.54, 1.807) is 0 Å². The van der Waals surface area contributed by atoms with Crippen molar-refractivity contribution in [2.45, 2.75) is 31.2 Å². The van der Waals surface area contributed by atoms with Crippen LogP contribution in [0.3, 0.4) is 0 Å². The summed E-state index contributed by atoms with van der Waals surface area (Å²) in [7, 11) is 0.228. The van der Waals surface area contributed by atoms with Gasteiger partial charge >= 0.3 is 0 Å². The van der Waals surface area contributed by atoms with E-state index in [0.717, 1.165) is 19.4 Å². The molecule has 0 aromatic heterocycles. The highest BCUT2D eigenvalue weighted by Crippen LogP contribution is 2.20. The zero-order valence-corrected chi connectivity index (χ0v) is 13.6. The number of unbranched alkanes of at least 4 members (excludes halogenated alkanes) is 1. The van der Waals surface area contributed by atoms with E-state index in [1.807, 2.05) is 19.0 Å². The molecule has 3 N–H and O–H groups in total. The smallest absolute Gasteiger partial charge is 0.240 e. The van der Waals surface area contributed by atoms with Gasteiger partial charge in [0.05, 0.1) is 4.90 Å². The van der Waals surface area contributed by atoms with Crippen LogP contribution in [0.4, 0.5) is 4.39 Å². The Morgan fingerprint density at radius 1 is 1.29 bits per heavy atom. The highest BCUT2D eigenvalue weighted by atomic mass is 32.2. The normalized spacial score (nSPS) is 12.1. The highest BCUT2D eigenvalue weighted by Gasteiger charge is 2.19. The van der Waals surface area contributed by atoms with Gasteiger partial charge in [-0.25, -0.2) is 17.5 Å². The van der Waals surface area contributed by atoms with Crippen molar-refractivity contribution in [3.8, 4) is 0 Å². The van der Waals surface area contributed by atoms with Gasteiger partial charge in [0.1, 0.15) is 5.82 Å². The van der Waals surface area contributed by atoms with Crippen molar-refractivity contribution < 1.29 is 12.8 Å². The zero-order chi connectivity index (χ0) is 16.0. The van der Waals surface area contributed by atoms with Gasteiger partial charge in [-0.3, -0.25) is 0 Å². The number of nitrogens with zero attached hydrogens (tertiary/aromatic N) is 1. The van der Waals surface area contributed by atoms with Crippen LogP contribution < -0.4 is 10.5 Å². The van der Waals surface area contributed by atoms with E-state index in [2.05, 4.69) is 4.72 Å². The Balaban J connectivity index is 2.76. The van der Waals surface area contributed by atoms with E-state index >= 15 is 0 Å². The third-order valence-electron chi connectivity index (χ3n) is 3.21. The molecule has 0 atom stereocenters. The molecule has 1 rings (SSSR count). The number of sulfonamides is 1. The molecule has 0 radical (unpaired) electrons. The second-order valence-corrected chi connectivity index (χ2v) is 7.05. The van der Waals surface area contributed by atoms with Gasteiger partial charge in [-0.05, 0) is 58.1 Å². The fraction of sp³-hybridized carbons (Fsp3) is 0.571. The largest absolute Gasteiger partial charge is 0.326 e. The van der Waals surface area contributed by atoms with Crippen molar-refractivity contribution in [2.75, 3.05) is 27.2 Å². The van der Waals surface area contributed by atoms with Crippen LogP contribution in [0.15, 0.2) is 17.0 Å². The SMILES string of the molecule is Cc1c(F)cc(CN)cc1S(=O)(=O)NCCCCN(C)C. The number of halogens is 1. The summed E-state index contributed by atoms with van der Waals surface area (Å²) in [6, 6.07) is 2.70. The summed E-state index contributed by atoms with van der Waals surface area (Å²) in [5, 5.41) is 0. The minimum atomic E-state index is -3.71. The van der Waals surface area contributed by atoms with Gasteiger partial charge in [0.15, 0.2) is 0 Å². The van der Waals surface area contributed by atoms with Gasteiger partial charge in [-0.15, -0.1) is 0 Å². The Labute approximate surface area is 126 Å². The molecule has 0 bridgehead atoms. The maximum Gasteiger partial charge on any atom is 0.240 e. The van der Waals surface area contributed by atoms with Crippen LogP contribution in [0.25, 0.3) is 0 Å². The molecular formula is C14H24FN3O2S. The monoisotopic (exact) mass is 317 g/mol. The summed E-state index contributed by atoms with van der Waals surface area (Å²) in [6.45, 7) is 2.79. The lowest BCUT2D eigenvalue weighted by atomic mass is 10.1. The summed E-state index contributed by atoms with van der Waals surface area (Å²) in [6.07, 6.45) is 1.63. The van der Waals surface area contributed by atoms with Gasteiger partial charge < -0.3 is 10.6 Å². The average Bonchev–Trinajstić information content (AvgIpc) is 2.40. The van der Waals surface area contributed by atoms with E-state index in [-0.39, 0.29) is 17.0 Å². The molecule has 21 heavy (non-hydrogen) atoms. The summed E-state index contributed by atoms with van der Waals surface area (Å²) in [4.78, 5) is 2.01. The first-order valence-electron chi connectivity index (χ1n) is 6.91. The predicted molar refractivity (Wildman–Crippen MR) is 82.0 cm³/mol. The van der Waals surface area contributed by atoms with Gasteiger partial charge in [0, 0.05) is 18.7 Å². The molecule has 0 aliphatic rings. The first-order chi connectivity index (χ1) is 9.77. The van der Waals surface area contributed by atoms with Crippen LogP contribution in [0.2, 0.25) is 0 Å². The summed E-state index contributed by atoms with van der Waals surface area (Å²) < 4.78 is 40.7. The lowest BCUT2D eigenvalue weighted by molar-refractivity contribution is 0.394. The molecule has 0 amide bonds. The Kier molecular flexibility index (Phi) is 6.73. The van der Waals surface area contributed by atoms with Gasteiger partial charge in [0.25, 0.3) is 0 Å². The quantitative estimate of drug-likeness (QED) is 0.707. The first kappa shape index (κ1) is 18.0. The second-order valence-electron chi connectivity index (χ2n) is 5.31. The number of rotatable bonds is 8. The third-order valence-corrected chi connectivity index (χ3v) is 4.79.